The topological polar surface area (TPSA) is 113 Å². The highest BCUT2D eigenvalue weighted by Gasteiger charge is 2.22. The molecule has 0 unspecified atom stereocenters. The first kappa shape index (κ1) is 14.8. The molecule has 0 aromatic heterocycles. The van der Waals surface area contributed by atoms with Crippen LogP contribution in [0, 0.1) is 16.0 Å². The van der Waals surface area contributed by atoms with Gasteiger partial charge in [0, 0.05) is 23.7 Å². The smallest absolute Gasteiger partial charge is 0.306 e. The number of anilines is 1. The number of nitro groups is 1. The molecule has 8 nitrogen and oxygen atoms in total. The Bertz CT molecular complexity index is 555. The van der Waals surface area contributed by atoms with Crippen LogP contribution in [0.2, 0.25) is 0 Å². The van der Waals surface area contributed by atoms with Crippen molar-refractivity contribution in [2.75, 3.05) is 5.32 Å². The highest BCUT2D eigenvalue weighted by Crippen LogP contribution is 2.24. The summed E-state index contributed by atoms with van der Waals surface area (Å²) in [5.74, 6) is -0.259. The van der Waals surface area contributed by atoms with Crippen LogP contribution in [0.1, 0.15) is 25.7 Å². The molecule has 0 aliphatic heterocycles. The lowest BCUT2D eigenvalue weighted by Crippen LogP contribution is -2.46. The molecule has 0 spiro atoms. The lowest BCUT2D eigenvalue weighted by atomic mass is 10.1. The average molecular weight is 292 g/mol. The molecule has 0 heterocycles. The van der Waals surface area contributed by atoms with Crippen LogP contribution in [0.15, 0.2) is 24.3 Å². The fraction of sp³-hybridized carbons (Fsp3) is 0.385. The van der Waals surface area contributed by atoms with Crippen LogP contribution in [0.4, 0.5) is 16.2 Å². The number of urea groups is 1. The van der Waals surface area contributed by atoms with E-state index in [4.69, 9.17) is 0 Å². The zero-order chi connectivity index (χ0) is 15.2. The van der Waals surface area contributed by atoms with Crippen molar-refractivity contribution in [3.63, 3.8) is 0 Å². The molecule has 1 aromatic rings. The van der Waals surface area contributed by atoms with E-state index >= 15 is 0 Å². The molecular formula is C13H16N4O4. The van der Waals surface area contributed by atoms with E-state index in [-0.39, 0.29) is 23.2 Å². The Morgan fingerprint density at radius 2 is 1.90 bits per heavy atom. The Labute approximate surface area is 121 Å². The maximum absolute atomic E-state index is 11.7. The third-order valence-electron chi connectivity index (χ3n) is 3.34. The molecule has 0 radical (unpaired) electrons. The Morgan fingerprint density at radius 3 is 2.57 bits per heavy atom. The van der Waals surface area contributed by atoms with Gasteiger partial charge in [-0.05, 0) is 18.9 Å². The van der Waals surface area contributed by atoms with Crippen LogP contribution in [-0.2, 0) is 4.79 Å². The summed E-state index contributed by atoms with van der Waals surface area (Å²) in [5.41, 5.74) is 4.74. The highest BCUT2D eigenvalue weighted by atomic mass is 16.6. The summed E-state index contributed by atoms with van der Waals surface area (Å²) in [6.45, 7) is 0. The molecule has 21 heavy (non-hydrogen) atoms. The minimum atomic E-state index is -0.651. The number of nitro benzene ring substituents is 1. The Kier molecular flexibility index (Phi) is 4.70. The van der Waals surface area contributed by atoms with E-state index in [1.54, 1.807) is 0 Å². The summed E-state index contributed by atoms with van der Waals surface area (Å²) in [6.07, 6.45) is 3.72. The van der Waals surface area contributed by atoms with Gasteiger partial charge in [-0.2, -0.15) is 0 Å². The first-order valence-electron chi connectivity index (χ1n) is 6.67. The molecule has 3 N–H and O–H groups in total. The number of nitrogens with one attached hydrogen (secondary N) is 3. The molecule has 2 rings (SSSR count). The molecule has 8 heteroatoms. The summed E-state index contributed by atoms with van der Waals surface area (Å²) in [7, 11) is 0. The standard InChI is InChI=1S/C13H16N4O4/c18-12(9-4-1-2-5-9)15-16-13(19)14-10-6-3-7-11(8-10)17(20)21/h3,6-9H,1-2,4-5H2,(H,15,18)(H2,14,16,19). The molecule has 0 atom stereocenters. The van der Waals surface area contributed by atoms with E-state index in [9.17, 15) is 19.7 Å². The molecule has 0 saturated heterocycles. The van der Waals surface area contributed by atoms with Gasteiger partial charge in [0.05, 0.1) is 4.92 Å². The number of hydrogen-bond donors (Lipinski definition) is 3. The predicted molar refractivity (Wildman–Crippen MR) is 75.4 cm³/mol. The van der Waals surface area contributed by atoms with Gasteiger partial charge in [0.15, 0.2) is 0 Å². The van der Waals surface area contributed by atoms with Gasteiger partial charge in [0.25, 0.3) is 5.69 Å². The van der Waals surface area contributed by atoms with E-state index in [2.05, 4.69) is 16.2 Å². The average Bonchev–Trinajstić information content (AvgIpc) is 2.99. The molecule has 1 aliphatic rings. The zero-order valence-corrected chi connectivity index (χ0v) is 11.3. The molecule has 1 fully saturated rings. The molecule has 1 saturated carbocycles. The van der Waals surface area contributed by atoms with Gasteiger partial charge in [-0.3, -0.25) is 20.3 Å². The van der Waals surface area contributed by atoms with Gasteiger partial charge in [-0.25, -0.2) is 10.2 Å². The zero-order valence-electron chi connectivity index (χ0n) is 11.3. The van der Waals surface area contributed by atoms with Crippen molar-refractivity contribution >= 4 is 23.3 Å². The largest absolute Gasteiger partial charge is 0.337 e. The number of non-ortho nitro benzene ring substituents is 1. The van der Waals surface area contributed by atoms with Crippen molar-refractivity contribution in [2.24, 2.45) is 5.92 Å². The van der Waals surface area contributed by atoms with Gasteiger partial charge in [0.2, 0.25) is 5.91 Å². The van der Waals surface area contributed by atoms with Crippen molar-refractivity contribution in [3.8, 4) is 0 Å². The monoisotopic (exact) mass is 292 g/mol. The SMILES string of the molecule is O=C(NNC(=O)C1CCCC1)Nc1cccc([N+](=O)[O-])c1. The molecule has 112 valence electrons. The van der Waals surface area contributed by atoms with E-state index in [0.717, 1.165) is 25.7 Å². The van der Waals surface area contributed by atoms with Gasteiger partial charge in [-0.15, -0.1) is 0 Å². The summed E-state index contributed by atoms with van der Waals surface area (Å²) in [5, 5.41) is 13.0. The van der Waals surface area contributed by atoms with Crippen molar-refractivity contribution in [1.82, 2.24) is 10.9 Å². The second-order valence-electron chi connectivity index (χ2n) is 4.86. The molecule has 3 amide bonds. The molecule has 0 bridgehead atoms. The number of rotatable bonds is 3. The van der Waals surface area contributed by atoms with E-state index in [0.29, 0.717) is 0 Å². The van der Waals surface area contributed by atoms with Crippen molar-refractivity contribution in [1.29, 1.82) is 0 Å². The Morgan fingerprint density at radius 1 is 1.19 bits per heavy atom. The highest BCUT2D eigenvalue weighted by molar-refractivity contribution is 5.91. The van der Waals surface area contributed by atoms with Crippen LogP contribution < -0.4 is 16.2 Å². The second kappa shape index (κ2) is 6.69. The number of carbonyl (C=O) groups excluding carboxylic acids is 2. The number of amides is 3. The summed E-state index contributed by atoms with van der Waals surface area (Å²) in [4.78, 5) is 33.4. The number of hydrogen-bond acceptors (Lipinski definition) is 4. The number of hydrazine groups is 1. The third-order valence-corrected chi connectivity index (χ3v) is 3.34. The van der Waals surface area contributed by atoms with E-state index in [1.165, 1.54) is 24.3 Å². The number of benzene rings is 1. The maximum Gasteiger partial charge on any atom is 0.337 e. The quantitative estimate of drug-likeness (QED) is 0.583. The summed E-state index contributed by atoms with van der Waals surface area (Å²) < 4.78 is 0. The minimum absolute atomic E-state index is 0.0527. The minimum Gasteiger partial charge on any atom is -0.306 e. The van der Waals surface area contributed by atoms with Crippen molar-refractivity contribution in [2.45, 2.75) is 25.7 Å². The first-order chi connectivity index (χ1) is 10.1. The number of nitrogens with zero attached hydrogens (tertiary/aromatic N) is 1. The van der Waals surface area contributed by atoms with Gasteiger partial charge < -0.3 is 5.32 Å². The third kappa shape index (κ3) is 4.16. The van der Waals surface area contributed by atoms with Crippen LogP contribution >= 0.6 is 0 Å². The summed E-state index contributed by atoms with van der Waals surface area (Å²) in [6, 6.07) is 4.89. The number of carbonyl (C=O) groups is 2. The second-order valence-corrected chi connectivity index (χ2v) is 4.86. The van der Waals surface area contributed by atoms with Crippen molar-refractivity contribution in [3.05, 3.63) is 34.4 Å². The predicted octanol–water partition coefficient (Wildman–Crippen LogP) is 1.94. The van der Waals surface area contributed by atoms with Crippen LogP contribution in [0.5, 0.6) is 0 Å². The van der Waals surface area contributed by atoms with Crippen molar-refractivity contribution < 1.29 is 14.5 Å². The van der Waals surface area contributed by atoms with Gasteiger partial charge in [0.1, 0.15) is 0 Å². The summed E-state index contributed by atoms with van der Waals surface area (Å²) >= 11 is 0. The van der Waals surface area contributed by atoms with E-state index in [1.807, 2.05) is 0 Å². The van der Waals surface area contributed by atoms with E-state index < -0.39 is 11.0 Å². The fourth-order valence-corrected chi connectivity index (χ4v) is 2.27. The maximum atomic E-state index is 11.7. The fourth-order valence-electron chi connectivity index (χ4n) is 2.27. The van der Waals surface area contributed by atoms with Gasteiger partial charge >= 0.3 is 6.03 Å². The van der Waals surface area contributed by atoms with Crippen LogP contribution in [-0.4, -0.2) is 16.9 Å². The lowest BCUT2D eigenvalue weighted by Gasteiger charge is -2.12. The molecular weight excluding hydrogens is 276 g/mol. The Hall–Kier alpha value is -2.64. The van der Waals surface area contributed by atoms with Crippen LogP contribution in [0.3, 0.4) is 0 Å². The Balaban J connectivity index is 1.82. The molecule has 1 aromatic carbocycles. The lowest BCUT2D eigenvalue weighted by molar-refractivity contribution is -0.384. The molecule has 1 aliphatic carbocycles. The van der Waals surface area contributed by atoms with Gasteiger partial charge in [-0.1, -0.05) is 18.9 Å². The van der Waals surface area contributed by atoms with Crippen LogP contribution in [0.25, 0.3) is 0 Å². The normalized spacial score (nSPS) is 14.5. The first-order valence-corrected chi connectivity index (χ1v) is 6.67.